The summed E-state index contributed by atoms with van der Waals surface area (Å²) in [6.07, 6.45) is -2.34. The van der Waals surface area contributed by atoms with Crippen LogP contribution in [0, 0.1) is 18.3 Å². The summed E-state index contributed by atoms with van der Waals surface area (Å²) in [4.78, 5) is 14.0. The van der Waals surface area contributed by atoms with Gasteiger partial charge in [-0.3, -0.25) is 4.79 Å². The van der Waals surface area contributed by atoms with Crippen molar-refractivity contribution in [2.45, 2.75) is 13.3 Å². The van der Waals surface area contributed by atoms with Gasteiger partial charge in [0.25, 0.3) is 6.43 Å². The van der Waals surface area contributed by atoms with Crippen LogP contribution in [0.3, 0.4) is 0 Å². The maximum absolute atomic E-state index is 12.3. The smallest absolute Gasteiger partial charge is 0.265 e. The fraction of sp³-hybridized carbons (Fsp3) is 0.222. The molecule has 3 nitrogen and oxygen atoms in total. The number of aromatic nitrogens is 1. The Morgan fingerprint density at radius 2 is 2.29 bits per heavy atom. The molecule has 0 spiro atoms. The number of rotatable bonds is 2. The summed E-state index contributed by atoms with van der Waals surface area (Å²) in [6, 6.07) is 2.66. The molecule has 0 fully saturated rings. The summed E-state index contributed by atoms with van der Waals surface area (Å²) in [5.41, 5.74) is -0.469. The highest BCUT2D eigenvalue weighted by Gasteiger charge is 2.15. The van der Waals surface area contributed by atoms with Crippen LogP contribution in [0.5, 0.6) is 0 Å². The Labute approximate surface area is 79.0 Å². The lowest BCUT2D eigenvalue weighted by Gasteiger charge is -2.05. The molecule has 0 aromatic carbocycles. The van der Waals surface area contributed by atoms with Gasteiger partial charge in [-0.05, 0) is 13.0 Å². The molecule has 0 radical (unpaired) electrons. The van der Waals surface area contributed by atoms with Crippen LogP contribution in [0.2, 0.25) is 0 Å². The molecule has 0 saturated carbocycles. The van der Waals surface area contributed by atoms with E-state index >= 15 is 0 Å². The number of nitriles is 1. The fourth-order valence-corrected chi connectivity index (χ4v) is 1.04. The zero-order chi connectivity index (χ0) is 10.7. The van der Waals surface area contributed by atoms with Gasteiger partial charge in [0.15, 0.2) is 12.0 Å². The standard InChI is InChI=1S/C9H6F2N2O/c1-5-7(9(10)11)2-6(4-14)8(3-12)13-5/h2,4,9H,1H3. The van der Waals surface area contributed by atoms with Crippen molar-refractivity contribution in [3.8, 4) is 6.07 Å². The highest BCUT2D eigenvalue weighted by molar-refractivity contribution is 5.78. The van der Waals surface area contributed by atoms with Gasteiger partial charge in [0.2, 0.25) is 0 Å². The minimum absolute atomic E-state index is 0.0714. The van der Waals surface area contributed by atoms with E-state index in [0.717, 1.165) is 6.07 Å². The number of hydrogen-bond acceptors (Lipinski definition) is 3. The first-order valence-corrected chi connectivity index (χ1v) is 3.75. The summed E-state index contributed by atoms with van der Waals surface area (Å²) in [7, 11) is 0. The number of aldehydes is 1. The van der Waals surface area contributed by atoms with E-state index in [0.29, 0.717) is 6.29 Å². The molecule has 14 heavy (non-hydrogen) atoms. The number of pyridine rings is 1. The van der Waals surface area contributed by atoms with Crippen molar-refractivity contribution in [1.82, 2.24) is 4.98 Å². The van der Waals surface area contributed by atoms with E-state index in [-0.39, 0.29) is 22.5 Å². The van der Waals surface area contributed by atoms with Crippen LogP contribution >= 0.6 is 0 Å². The number of hydrogen-bond donors (Lipinski definition) is 0. The first kappa shape index (κ1) is 10.3. The predicted octanol–water partition coefficient (Wildman–Crippen LogP) is 2.01. The number of alkyl halides is 2. The van der Waals surface area contributed by atoms with Gasteiger partial charge in [-0.2, -0.15) is 5.26 Å². The lowest BCUT2D eigenvalue weighted by molar-refractivity contribution is 0.112. The van der Waals surface area contributed by atoms with Crippen molar-refractivity contribution < 1.29 is 13.6 Å². The van der Waals surface area contributed by atoms with E-state index in [1.807, 2.05) is 0 Å². The third-order valence-electron chi connectivity index (χ3n) is 1.75. The van der Waals surface area contributed by atoms with Gasteiger partial charge in [-0.25, -0.2) is 13.8 Å². The second-order valence-electron chi connectivity index (χ2n) is 2.63. The topological polar surface area (TPSA) is 53.8 Å². The lowest BCUT2D eigenvalue weighted by atomic mass is 10.1. The van der Waals surface area contributed by atoms with Gasteiger partial charge >= 0.3 is 0 Å². The largest absolute Gasteiger partial charge is 0.298 e. The van der Waals surface area contributed by atoms with Crippen LogP contribution in [0.25, 0.3) is 0 Å². The Balaban J connectivity index is 3.39. The third-order valence-corrected chi connectivity index (χ3v) is 1.75. The van der Waals surface area contributed by atoms with E-state index < -0.39 is 6.43 Å². The van der Waals surface area contributed by atoms with Crippen LogP contribution in [0.1, 0.15) is 33.7 Å². The number of carbonyl (C=O) groups is 1. The van der Waals surface area contributed by atoms with Crippen LogP contribution < -0.4 is 0 Å². The molecule has 0 atom stereocenters. The second kappa shape index (κ2) is 3.92. The van der Waals surface area contributed by atoms with E-state index in [9.17, 15) is 13.6 Å². The van der Waals surface area contributed by atoms with Crippen LogP contribution in [-0.4, -0.2) is 11.3 Å². The number of nitrogens with zero attached hydrogens (tertiary/aromatic N) is 2. The van der Waals surface area contributed by atoms with E-state index in [2.05, 4.69) is 4.98 Å². The molecular formula is C9H6F2N2O. The first-order valence-electron chi connectivity index (χ1n) is 3.75. The van der Waals surface area contributed by atoms with Gasteiger partial charge in [0, 0.05) is 11.3 Å². The molecule has 0 amide bonds. The zero-order valence-electron chi connectivity index (χ0n) is 7.29. The molecule has 5 heteroatoms. The highest BCUT2D eigenvalue weighted by Crippen LogP contribution is 2.22. The SMILES string of the molecule is Cc1nc(C#N)c(C=O)cc1C(F)F. The second-order valence-corrected chi connectivity index (χ2v) is 2.63. The Kier molecular flexibility index (Phi) is 2.87. The Bertz CT molecular complexity index is 410. The van der Waals surface area contributed by atoms with Crippen molar-refractivity contribution in [3.63, 3.8) is 0 Å². The van der Waals surface area contributed by atoms with Crippen LogP contribution in [0.15, 0.2) is 6.07 Å². The molecule has 0 aliphatic rings. The molecule has 0 N–H and O–H groups in total. The minimum atomic E-state index is -2.69. The van der Waals surface area contributed by atoms with Crippen molar-refractivity contribution in [2.24, 2.45) is 0 Å². The van der Waals surface area contributed by atoms with E-state index in [1.165, 1.54) is 6.92 Å². The van der Waals surface area contributed by atoms with Gasteiger partial charge in [0.05, 0.1) is 5.56 Å². The van der Waals surface area contributed by atoms with Crippen molar-refractivity contribution in [2.75, 3.05) is 0 Å². The van der Waals surface area contributed by atoms with Crippen molar-refractivity contribution >= 4 is 6.29 Å². The third kappa shape index (κ3) is 1.74. The van der Waals surface area contributed by atoms with Crippen LogP contribution in [0.4, 0.5) is 8.78 Å². The summed E-state index contributed by atoms with van der Waals surface area (Å²) < 4.78 is 24.7. The molecule has 1 rings (SSSR count). The molecule has 1 heterocycles. The van der Waals surface area contributed by atoms with Crippen molar-refractivity contribution in [3.05, 3.63) is 28.6 Å². The maximum atomic E-state index is 12.3. The van der Waals surface area contributed by atoms with Crippen LogP contribution in [-0.2, 0) is 0 Å². The molecule has 0 saturated heterocycles. The predicted molar refractivity (Wildman–Crippen MR) is 44.0 cm³/mol. The summed E-state index contributed by atoms with van der Waals surface area (Å²) in [6.45, 7) is 1.37. The van der Waals surface area contributed by atoms with E-state index in [1.54, 1.807) is 6.07 Å². The number of carbonyl (C=O) groups excluding carboxylic acids is 1. The Hall–Kier alpha value is -1.83. The Morgan fingerprint density at radius 1 is 1.64 bits per heavy atom. The first-order chi connectivity index (χ1) is 6.60. The summed E-state index contributed by atoms with van der Waals surface area (Å²) in [5.74, 6) is 0. The molecular weight excluding hydrogens is 190 g/mol. The number of aryl methyl sites for hydroxylation is 1. The Morgan fingerprint density at radius 3 is 2.71 bits per heavy atom. The average Bonchev–Trinajstić information content (AvgIpc) is 2.16. The quantitative estimate of drug-likeness (QED) is 0.680. The van der Waals surface area contributed by atoms with E-state index in [4.69, 9.17) is 5.26 Å². The van der Waals surface area contributed by atoms with Gasteiger partial charge in [-0.15, -0.1) is 0 Å². The summed E-state index contributed by atoms with van der Waals surface area (Å²) >= 11 is 0. The molecule has 0 aliphatic carbocycles. The van der Waals surface area contributed by atoms with Gasteiger partial charge in [-0.1, -0.05) is 0 Å². The number of halogens is 2. The normalized spacial score (nSPS) is 9.93. The van der Waals surface area contributed by atoms with Gasteiger partial charge in [0.1, 0.15) is 6.07 Å². The highest BCUT2D eigenvalue weighted by atomic mass is 19.3. The lowest BCUT2D eigenvalue weighted by Crippen LogP contribution is -2.00. The van der Waals surface area contributed by atoms with Gasteiger partial charge < -0.3 is 0 Å². The summed E-state index contributed by atoms with van der Waals surface area (Å²) in [5, 5.41) is 8.54. The molecule has 0 aliphatic heterocycles. The fourth-order valence-electron chi connectivity index (χ4n) is 1.04. The zero-order valence-corrected chi connectivity index (χ0v) is 7.29. The molecule has 0 bridgehead atoms. The molecule has 1 aromatic heterocycles. The maximum Gasteiger partial charge on any atom is 0.265 e. The average molecular weight is 196 g/mol. The monoisotopic (exact) mass is 196 g/mol. The van der Waals surface area contributed by atoms with Crippen molar-refractivity contribution in [1.29, 1.82) is 5.26 Å². The minimum Gasteiger partial charge on any atom is -0.298 e. The molecule has 0 unspecified atom stereocenters. The molecule has 72 valence electrons. The molecule has 1 aromatic rings.